The molecule has 1 saturated heterocycles. The third-order valence-electron chi connectivity index (χ3n) is 4.35. The van der Waals surface area contributed by atoms with Gasteiger partial charge in [-0.15, -0.1) is 0 Å². The summed E-state index contributed by atoms with van der Waals surface area (Å²) < 4.78 is 5.19. The van der Waals surface area contributed by atoms with E-state index in [0.717, 1.165) is 25.9 Å². The van der Waals surface area contributed by atoms with Crippen molar-refractivity contribution in [2.75, 3.05) is 13.7 Å². The van der Waals surface area contributed by atoms with E-state index >= 15 is 0 Å². The van der Waals surface area contributed by atoms with Gasteiger partial charge in [0, 0.05) is 24.8 Å². The fourth-order valence-electron chi connectivity index (χ4n) is 3.39. The van der Waals surface area contributed by atoms with Gasteiger partial charge in [0.2, 0.25) is 5.91 Å². The minimum Gasteiger partial charge on any atom is -0.385 e. The Balaban J connectivity index is 2.99. The Bertz CT molecular complexity index is 320. The number of ether oxygens (including phenoxy) is 1. The summed E-state index contributed by atoms with van der Waals surface area (Å²) in [6.45, 7) is 13.0. The number of carbonyl (C=O) groups excluding carboxylic acids is 1. The molecule has 0 N–H and O–H groups in total. The molecule has 1 heterocycles. The smallest absolute Gasteiger partial charge is 0.246 e. The molecule has 0 bridgehead atoms. The molecule has 18 heavy (non-hydrogen) atoms. The van der Waals surface area contributed by atoms with E-state index in [4.69, 9.17) is 4.74 Å². The van der Waals surface area contributed by atoms with Crippen molar-refractivity contribution in [1.29, 1.82) is 0 Å². The minimum absolute atomic E-state index is 0.0344. The van der Waals surface area contributed by atoms with Crippen molar-refractivity contribution in [1.82, 2.24) is 4.90 Å². The molecule has 1 amide bonds. The van der Waals surface area contributed by atoms with Gasteiger partial charge in [-0.3, -0.25) is 4.79 Å². The Morgan fingerprint density at radius 2 is 2.06 bits per heavy atom. The molecule has 0 saturated carbocycles. The Kier molecular flexibility index (Phi) is 4.60. The lowest BCUT2D eigenvalue weighted by Crippen LogP contribution is -2.64. The molecule has 1 atom stereocenters. The molecule has 1 aliphatic heterocycles. The summed E-state index contributed by atoms with van der Waals surface area (Å²) in [4.78, 5) is 14.2. The highest BCUT2D eigenvalue weighted by atomic mass is 16.5. The van der Waals surface area contributed by atoms with E-state index in [2.05, 4.69) is 34.3 Å². The molecule has 3 nitrogen and oxygen atoms in total. The van der Waals surface area contributed by atoms with E-state index in [-0.39, 0.29) is 17.0 Å². The average molecular weight is 253 g/mol. The van der Waals surface area contributed by atoms with Crippen LogP contribution in [0.3, 0.4) is 0 Å². The van der Waals surface area contributed by atoms with Gasteiger partial charge in [-0.05, 0) is 59.0 Å². The fourth-order valence-corrected chi connectivity index (χ4v) is 3.39. The quantitative estimate of drug-likeness (QED) is 0.721. The molecule has 3 heteroatoms. The molecule has 0 spiro atoms. The molecule has 0 aromatic rings. The maximum atomic E-state index is 12.2. The Labute approximate surface area is 111 Å². The molecule has 1 unspecified atom stereocenters. The monoisotopic (exact) mass is 253 g/mol. The van der Waals surface area contributed by atoms with Gasteiger partial charge in [0.15, 0.2) is 0 Å². The number of piperidine rings is 1. The first-order valence-corrected chi connectivity index (χ1v) is 6.73. The van der Waals surface area contributed by atoms with Crippen molar-refractivity contribution < 1.29 is 9.53 Å². The van der Waals surface area contributed by atoms with Gasteiger partial charge in [0.25, 0.3) is 0 Å². The summed E-state index contributed by atoms with van der Waals surface area (Å²) in [6.07, 6.45) is 4.61. The maximum Gasteiger partial charge on any atom is 0.246 e. The minimum atomic E-state index is -0.147. The van der Waals surface area contributed by atoms with Crippen LogP contribution >= 0.6 is 0 Å². The van der Waals surface area contributed by atoms with Gasteiger partial charge in [-0.1, -0.05) is 6.58 Å². The average Bonchev–Trinajstić information content (AvgIpc) is 2.26. The molecule has 0 aromatic carbocycles. The van der Waals surface area contributed by atoms with E-state index < -0.39 is 0 Å². The number of carbonyl (C=O) groups is 1. The van der Waals surface area contributed by atoms with E-state index in [9.17, 15) is 4.79 Å². The van der Waals surface area contributed by atoms with Crippen LogP contribution < -0.4 is 0 Å². The Hall–Kier alpha value is -0.830. The number of methoxy groups -OCH3 is 1. The molecular formula is C15H27NO2. The second-order valence-electron chi connectivity index (χ2n) is 6.36. The zero-order valence-electron chi connectivity index (χ0n) is 12.5. The van der Waals surface area contributed by atoms with Crippen molar-refractivity contribution in [2.24, 2.45) is 5.92 Å². The second kappa shape index (κ2) is 5.43. The lowest BCUT2D eigenvalue weighted by atomic mass is 9.71. The molecule has 1 aliphatic rings. The normalized spacial score (nSPS) is 25.8. The summed E-state index contributed by atoms with van der Waals surface area (Å²) in [5.74, 6) is 0.515. The molecule has 0 aromatic heterocycles. The van der Waals surface area contributed by atoms with E-state index in [1.807, 2.05) is 4.90 Å². The summed E-state index contributed by atoms with van der Waals surface area (Å²) >= 11 is 0. The van der Waals surface area contributed by atoms with Gasteiger partial charge in [-0.2, -0.15) is 0 Å². The SMILES string of the molecule is C=CC(=O)N1C(C)(C)CCC(CCOC)C1(C)C. The predicted molar refractivity (Wildman–Crippen MR) is 74.4 cm³/mol. The summed E-state index contributed by atoms with van der Waals surface area (Å²) in [5.41, 5.74) is -0.246. The third kappa shape index (κ3) is 2.77. The molecule has 0 radical (unpaired) electrons. The van der Waals surface area contributed by atoms with Crippen LogP contribution in [0.4, 0.5) is 0 Å². The standard InChI is InChI=1S/C15H27NO2/c1-7-13(17)16-14(2,3)10-8-12(9-11-18-6)15(16,4)5/h7,12H,1,8-11H2,2-6H3. The highest BCUT2D eigenvalue weighted by Crippen LogP contribution is 2.43. The third-order valence-corrected chi connectivity index (χ3v) is 4.35. The van der Waals surface area contributed by atoms with Gasteiger partial charge in [0.1, 0.15) is 0 Å². The molecule has 1 fully saturated rings. The maximum absolute atomic E-state index is 12.2. The summed E-state index contributed by atoms with van der Waals surface area (Å²) in [6, 6.07) is 0. The van der Waals surface area contributed by atoms with Crippen molar-refractivity contribution in [3.05, 3.63) is 12.7 Å². The summed E-state index contributed by atoms with van der Waals surface area (Å²) in [7, 11) is 1.73. The van der Waals surface area contributed by atoms with E-state index in [1.165, 1.54) is 6.08 Å². The molecule has 0 aliphatic carbocycles. The second-order valence-corrected chi connectivity index (χ2v) is 6.36. The van der Waals surface area contributed by atoms with Crippen molar-refractivity contribution in [2.45, 2.75) is 58.0 Å². The highest BCUT2D eigenvalue weighted by molar-refractivity contribution is 5.88. The van der Waals surface area contributed by atoms with E-state index in [0.29, 0.717) is 5.92 Å². The van der Waals surface area contributed by atoms with Gasteiger partial charge < -0.3 is 9.64 Å². The molecule has 104 valence electrons. The van der Waals surface area contributed by atoms with Crippen LogP contribution in [0.1, 0.15) is 47.0 Å². The molecular weight excluding hydrogens is 226 g/mol. The van der Waals surface area contributed by atoms with Crippen LogP contribution in [0.5, 0.6) is 0 Å². The number of likely N-dealkylation sites (tertiary alicyclic amines) is 1. The van der Waals surface area contributed by atoms with Crippen LogP contribution in [-0.4, -0.2) is 35.6 Å². The predicted octanol–water partition coefficient (Wildman–Crippen LogP) is 3.00. The lowest BCUT2D eigenvalue weighted by molar-refractivity contribution is -0.149. The summed E-state index contributed by atoms with van der Waals surface area (Å²) in [5, 5.41) is 0. The van der Waals surface area contributed by atoms with Crippen molar-refractivity contribution >= 4 is 5.91 Å². The fraction of sp³-hybridized carbons (Fsp3) is 0.800. The Morgan fingerprint density at radius 1 is 1.44 bits per heavy atom. The van der Waals surface area contributed by atoms with Gasteiger partial charge in [-0.25, -0.2) is 0 Å². The Morgan fingerprint density at radius 3 is 2.56 bits per heavy atom. The lowest BCUT2D eigenvalue weighted by Gasteiger charge is -2.56. The topological polar surface area (TPSA) is 29.5 Å². The number of hydrogen-bond acceptors (Lipinski definition) is 2. The van der Waals surface area contributed by atoms with Crippen LogP contribution in [0.15, 0.2) is 12.7 Å². The first-order valence-electron chi connectivity index (χ1n) is 6.73. The van der Waals surface area contributed by atoms with Crippen molar-refractivity contribution in [3.8, 4) is 0 Å². The van der Waals surface area contributed by atoms with Crippen LogP contribution in [0.2, 0.25) is 0 Å². The first kappa shape index (κ1) is 15.2. The number of nitrogens with zero attached hydrogens (tertiary/aromatic N) is 1. The van der Waals surface area contributed by atoms with Crippen LogP contribution in [0, 0.1) is 5.92 Å². The van der Waals surface area contributed by atoms with Gasteiger partial charge >= 0.3 is 0 Å². The largest absolute Gasteiger partial charge is 0.385 e. The van der Waals surface area contributed by atoms with Crippen LogP contribution in [-0.2, 0) is 9.53 Å². The zero-order chi connectivity index (χ0) is 14.0. The highest BCUT2D eigenvalue weighted by Gasteiger charge is 2.48. The molecule has 1 rings (SSSR count). The van der Waals surface area contributed by atoms with Crippen molar-refractivity contribution in [3.63, 3.8) is 0 Å². The van der Waals surface area contributed by atoms with Gasteiger partial charge in [0.05, 0.1) is 0 Å². The van der Waals surface area contributed by atoms with E-state index in [1.54, 1.807) is 7.11 Å². The van der Waals surface area contributed by atoms with Crippen LogP contribution in [0.25, 0.3) is 0 Å². The zero-order valence-corrected chi connectivity index (χ0v) is 12.5. The number of hydrogen-bond donors (Lipinski definition) is 0. The first-order chi connectivity index (χ1) is 8.27. The number of rotatable bonds is 4. The number of amides is 1.